The van der Waals surface area contributed by atoms with Crippen LogP contribution in [-0.4, -0.2) is 46.5 Å². The first-order valence-electron chi connectivity index (χ1n) is 9.93. The summed E-state index contributed by atoms with van der Waals surface area (Å²) in [7, 11) is 0. The zero-order valence-electron chi connectivity index (χ0n) is 16.1. The lowest BCUT2D eigenvalue weighted by Gasteiger charge is -2.29. The average Bonchev–Trinajstić information content (AvgIpc) is 3.23. The van der Waals surface area contributed by atoms with E-state index in [1.54, 1.807) is 0 Å². The molecule has 3 N–H and O–H groups in total. The third-order valence-electron chi connectivity index (χ3n) is 5.46. The quantitative estimate of drug-likeness (QED) is 0.503. The van der Waals surface area contributed by atoms with Gasteiger partial charge in [-0.05, 0) is 35.9 Å². The van der Waals surface area contributed by atoms with Crippen LogP contribution in [-0.2, 0) is 6.61 Å². The van der Waals surface area contributed by atoms with Crippen LogP contribution < -0.4 is 10.2 Å². The largest absolute Gasteiger partial charge is 0.392 e. The van der Waals surface area contributed by atoms with Gasteiger partial charge in [-0.15, -0.1) is 0 Å². The molecule has 5 rings (SSSR count). The maximum absolute atomic E-state index is 9.37. The average molecular weight is 385 g/mol. The second-order valence-corrected chi connectivity index (χ2v) is 7.31. The minimum atomic E-state index is 0.0204. The van der Waals surface area contributed by atoms with Crippen molar-refractivity contribution >= 4 is 16.7 Å². The lowest BCUT2D eigenvalue weighted by atomic mass is 10.1. The van der Waals surface area contributed by atoms with Crippen LogP contribution in [0.25, 0.3) is 33.5 Å². The molecule has 0 unspecified atom stereocenters. The smallest absolute Gasteiger partial charge is 0.182 e. The topological polar surface area (TPSA) is 77.1 Å². The van der Waals surface area contributed by atoms with Crippen LogP contribution in [0.4, 0.5) is 5.69 Å². The third kappa shape index (κ3) is 3.48. The highest BCUT2D eigenvalue weighted by molar-refractivity contribution is 5.92. The van der Waals surface area contributed by atoms with Gasteiger partial charge in [-0.2, -0.15) is 5.10 Å². The molecule has 3 heterocycles. The summed E-state index contributed by atoms with van der Waals surface area (Å²) in [5.74, 6) is 0. The first kappa shape index (κ1) is 17.8. The van der Waals surface area contributed by atoms with E-state index in [4.69, 9.17) is 4.98 Å². The van der Waals surface area contributed by atoms with Gasteiger partial charge in [0.05, 0.1) is 18.0 Å². The van der Waals surface area contributed by atoms with E-state index in [1.807, 2.05) is 30.3 Å². The maximum Gasteiger partial charge on any atom is 0.182 e. The number of fused-ring (bicyclic) bond motifs is 1. The molecule has 1 aliphatic heterocycles. The van der Waals surface area contributed by atoms with Crippen molar-refractivity contribution in [3.8, 4) is 22.5 Å². The lowest BCUT2D eigenvalue weighted by Crippen LogP contribution is -2.43. The van der Waals surface area contributed by atoms with Crippen molar-refractivity contribution in [3.05, 3.63) is 66.2 Å². The molecule has 1 fully saturated rings. The number of hydrogen-bond acceptors (Lipinski definition) is 5. The van der Waals surface area contributed by atoms with Crippen molar-refractivity contribution in [1.29, 1.82) is 0 Å². The molecule has 1 saturated heterocycles. The zero-order chi connectivity index (χ0) is 19.6. The van der Waals surface area contributed by atoms with Gasteiger partial charge in [0.2, 0.25) is 0 Å². The molecule has 6 nitrogen and oxygen atoms in total. The van der Waals surface area contributed by atoms with E-state index >= 15 is 0 Å². The Morgan fingerprint density at radius 2 is 1.76 bits per heavy atom. The van der Waals surface area contributed by atoms with Crippen molar-refractivity contribution in [2.75, 3.05) is 31.1 Å². The Morgan fingerprint density at radius 1 is 0.931 bits per heavy atom. The number of aromatic amines is 1. The predicted molar refractivity (Wildman–Crippen MR) is 116 cm³/mol. The van der Waals surface area contributed by atoms with Crippen LogP contribution in [0, 0.1) is 0 Å². The van der Waals surface area contributed by atoms with Crippen LogP contribution in [0.5, 0.6) is 0 Å². The molecule has 0 aliphatic carbocycles. The molecule has 6 heteroatoms. The normalized spacial score (nSPS) is 14.4. The molecule has 146 valence electrons. The number of rotatable bonds is 4. The lowest BCUT2D eigenvalue weighted by molar-refractivity contribution is 0.282. The first-order valence-corrected chi connectivity index (χ1v) is 9.93. The molecule has 0 atom stereocenters. The Kier molecular flexibility index (Phi) is 4.71. The number of anilines is 1. The highest BCUT2D eigenvalue weighted by atomic mass is 16.3. The van der Waals surface area contributed by atoms with E-state index in [2.05, 4.69) is 50.7 Å². The first-order chi connectivity index (χ1) is 14.3. The SMILES string of the molecule is OCc1cccc(-c2ccc3c(-c4ccc(N5CCNCC5)cc4)[nH]nc3n2)c1. The fourth-order valence-electron chi connectivity index (χ4n) is 3.87. The number of piperazine rings is 1. The van der Waals surface area contributed by atoms with Crippen LogP contribution >= 0.6 is 0 Å². The fourth-order valence-corrected chi connectivity index (χ4v) is 3.87. The molecule has 0 radical (unpaired) electrons. The number of nitrogens with zero attached hydrogens (tertiary/aromatic N) is 3. The van der Waals surface area contributed by atoms with Crippen LogP contribution in [0.15, 0.2) is 60.7 Å². The molecule has 2 aromatic heterocycles. The molecule has 0 amide bonds. The fraction of sp³-hybridized carbons (Fsp3) is 0.217. The van der Waals surface area contributed by atoms with Crippen molar-refractivity contribution in [3.63, 3.8) is 0 Å². The second-order valence-electron chi connectivity index (χ2n) is 7.31. The Labute approximate surface area is 169 Å². The van der Waals surface area contributed by atoms with Gasteiger partial charge in [0.15, 0.2) is 5.65 Å². The summed E-state index contributed by atoms with van der Waals surface area (Å²) < 4.78 is 0. The van der Waals surface area contributed by atoms with Gasteiger partial charge in [-0.1, -0.05) is 30.3 Å². The van der Waals surface area contributed by atoms with Gasteiger partial charge in [0, 0.05) is 48.4 Å². The summed E-state index contributed by atoms with van der Waals surface area (Å²) in [4.78, 5) is 7.12. The standard InChI is InChI=1S/C23H23N5O/c29-15-16-2-1-3-18(14-16)21-9-8-20-22(26-27-23(20)25-21)17-4-6-19(7-5-17)28-12-10-24-11-13-28/h1-9,14,24,29H,10-13,15H2,(H,25,26,27). The summed E-state index contributed by atoms with van der Waals surface area (Å²) in [6, 6.07) is 20.5. The molecular weight excluding hydrogens is 362 g/mol. The summed E-state index contributed by atoms with van der Waals surface area (Å²) in [5.41, 5.74) is 6.72. The van der Waals surface area contributed by atoms with Crippen LogP contribution in [0.3, 0.4) is 0 Å². The van der Waals surface area contributed by atoms with Gasteiger partial charge in [0.25, 0.3) is 0 Å². The van der Waals surface area contributed by atoms with Gasteiger partial charge in [0.1, 0.15) is 0 Å². The van der Waals surface area contributed by atoms with Crippen molar-refractivity contribution in [2.24, 2.45) is 0 Å². The van der Waals surface area contributed by atoms with E-state index in [0.717, 1.165) is 59.6 Å². The summed E-state index contributed by atoms with van der Waals surface area (Å²) in [6.07, 6.45) is 0. The van der Waals surface area contributed by atoms with E-state index in [9.17, 15) is 5.11 Å². The number of benzene rings is 2. The molecule has 2 aromatic carbocycles. The van der Waals surface area contributed by atoms with Gasteiger partial charge in [-0.25, -0.2) is 4.98 Å². The van der Waals surface area contributed by atoms with Gasteiger partial charge in [-0.3, -0.25) is 5.10 Å². The van der Waals surface area contributed by atoms with E-state index in [1.165, 1.54) is 5.69 Å². The summed E-state index contributed by atoms with van der Waals surface area (Å²) >= 11 is 0. The maximum atomic E-state index is 9.37. The number of aromatic nitrogens is 3. The van der Waals surface area contributed by atoms with Gasteiger partial charge < -0.3 is 15.3 Å². The van der Waals surface area contributed by atoms with E-state index in [-0.39, 0.29) is 6.61 Å². The molecular formula is C23H23N5O. The number of H-pyrrole nitrogens is 1. The minimum Gasteiger partial charge on any atom is -0.392 e. The minimum absolute atomic E-state index is 0.0204. The Balaban J connectivity index is 1.45. The molecule has 4 aromatic rings. The van der Waals surface area contributed by atoms with Crippen molar-refractivity contribution in [2.45, 2.75) is 6.61 Å². The molecule has 0 saturated carbocycles. The Bertz CT molecular complexity index is 1130. The van der Waals surface area contributed by atoms with Crippen molar-refractivity contribution < 1.29 is 5.11 Å². The number of nitrogens with one attached hydrogen (secondary N) is 2. The molecule has 0 bridgehead atoms. The summed E-state index contributed by atoms with van der Waals surface area (Å²) in [6.45, 7) is 4.16. The summed E-state index contributed by atoms with van der Waals surface area (Å²) in [5, 5.41) is 21.3. The monoisotopic (exact) mass is 385 g/mol. The highest BCUT2D eigenvalue weighted by Crippen LogP contribution is 2.29. The second kappa shape index (κ2) is 7.66. The highest BCUT2D eigenvalue weighted by Gasteiger charge is 2.13. The molecule has 29 heavy (non-hydrogen) atoms. The molecule has 0 spiro atoms. The van der Waals surface area contributed by atoms with E-state index < -0.39 is 0 Å². The third-order valence-corrected chi connectivity index (χ3v) is 5.46. The zero-order valence-corrected chi connectivity index (χ0v) is 16.1. The number of aliphatic hydroxyl groups excluding tert-OH is 1. The van der Waals surface area contributed by atoms with Crippen LogP contribution in [0.1, 0.15) is 5.56 Å². The molecule has 1 aliphatic rings. The van der Waals surface area contributed by atoms with E-state index in [0.29, 0.717) is 5.65 Å². The Hall–Kier alpha value is -3.22. The van der Waals surface area contributed by atoms with Crippen molar-refractivity contribution in [1.82, 2.24) is 20.5 Å². The number of hydrogen-bond donors (Lipinski definition) is 3. The number of aliphatic hydroxyl groups is 1. The number of pyridine rings is 1. The van der Waals surface area contributed by atoms with Gasteiger partial charge >= 0.3 is 0 Å². The Morgan fingerprint density at radius 3 is 2.55 bits per heavy atom. The van der Waals surface area contributed by atoms with Crippen LogP contribution in [0.2, 0.25) is 0 Å². The predicted octanol–water partition coefficient (Wildman–Crippen LogP) is 3.19.